The van der Waals surface area contributed by atoms with Crippen LogP contribution in [0.25, 0.3) is 0 Å². The van der Waals surface area contributed by atoms with E-state index in [0.717, 1.165) is 38.7 Å². The molecule has 4 heteroatoms. The summed E-state index contributed by atoms with van der Waals surface area (Å²) >= 11 is 0. The molecule has 0 heterocycles. The van der Waals surface area contributed by atoms with Crippen molar-refractivity contribution in [2.75, 3.05) is 6.61 Å². The van der Waals surface area contributed by atoms with Gasteiger partial charge in [-0.25, -0.2) is 0 Å². The van der Waals surface area contributed by atoms with Gasteiger partial charge in [-0.1, -0.05) is 81.2 Å². The molecule has 1 aliphatic carbocycles. The van der Waals surface area contributed by atoms with Crippen LogP contribution in [0.1, 0.15) is 76.7 Å². The first kappa shape index (κ1) is 24.4. The smallest absolute Gasteiger partial charge is 0.303 e. The molecular formula is C26H38O4. The zero-order valence-corrected chi connectivity index (χ0v) is 18.4. The van der Waals surface area contributed by atoms with Crippen molar-refractivity contribution < 1.29 is 19.4 Å². The molecule has 0 aromatic heterocycles. The molecule has 0 fully saturated rings. The zero-order chi connectivity index (χ0) is 21.4. The Bertz CT molecular complexity index is 650. The van der Waals surface area contributed by atoms with E-state index in [9.17, 15) is 4.79 Å². The molecule has 0 aliphatic heterocycles. The molecule has 166 valence electrons. The molecule has 1 N–H and O–H groups in total. The van der Waals surface area contributed by atoms with Crippen LogP contribution < -0.4 is 0 Å². The van der Waals surface area contributed by atoms with Gasteiger partial charge in [-0.15, -0.1) is 0 Å². The van der Waals surface area contributed by atoms with Crippen molar-refractivity contribution in [3.8, 4) is 0 Å². The number of carboxylic acids is 1. The summed E-state index contributed by atoms with van der Waals surface area (Å²) in [5.41, 5.74) is 2.37. The van der Waals surface area contributed by atoms with E-state index < -0.39 is 5.97 Å². The highest BCUT2D eigenvalue weighted by Crippen LogP contribution is 2.28. The third-order valence-corrected chi connectivity index (χ3v) is 5.43. The Morgan fingerprint density at radius 2 is 1.87 bits per heavy atom. The van der Waals surface area contributed by atoms with Gasteiger partial charge >= 0.3 is 5.97 Å². The van der Waals surface area contributed by atoms with E-state index in [-0.39, 0.29) is 18.6 Å². The van der Waals surface area contributed by atoms with E-state index in [4.69, 9.17) is 14.6 Å². The van der Waals surface area contributed by atoms with Crippen LogP contribution in [0.2, 0.25) is 0 Å². The van der Waals surface area contributed by atoms with Crippen LogP contribution in [0.4, 0.5) is 0 Å². The Morgan fingerprint density at radius 1 is 1.07 bits per heavy atom. The Labute approximate surface area is 182 Å². The Hall–Kier alpha value is -1.91. The Kier molecular flexibility index (Phi) is 12.2. The first-order chi connectivity index (χ1) is 14.7. The minimum atomic E-state index is -0.719. The molecule has 0 unspecified atom stereocenters. The molecule has 1 aliphatic rings. The van der Waals surface area contributed by atoms with Crippen LogP contribution in [0.3, 0.4) is 0 Å². The molecule has 0 spiro atoms. The van der Waals surface area contributed by atoms with Crippen LogP contribution in [-0.2, 0) is 20.9 Å². The van der Waals surface area contributed by atoms with Crippen molar-refractivity contribution in [3.05, 3.63) is 59.7 Å². The maximum absolute atomic E-state index is 10.6. The summed E-state index contributed by atoms with van der Waals surface area (Å²) in [6.45, 7) is 3.60. The second kappa shape index (κ2) is 15.0. The fourth-order valence-corrected chi connectivity index (χ4v) is 3.68. The van der Waals surface area contributed by atoms with Crippen LogP contribution >= 0.6 is 0 Å². The molecule has 1 aromatic carbocycles. The lowest BCUT2D eigenvalue weighted by Gasteiger charge is -2.23. The van der Waals surface area contributed by atoms with Crippen molar-refractivity contribution in [2.45, 2.75) is 89.9 Å². The lowest BCUT2D eigenvalue weighted by Crippen LogP contribution is -2.29. The van der Waals surface area contributed by atoms with Gasteiger partial charge in [0.25, 0.3) is 0 Å². The van der Waals surface area contributed by atoms with E-state index in [1.54, 1.807) is 0 Å². The summed E-state index contributed by atoms with van der Waals surface area (Å²) in [5, 5.41) is 8.73. The van der Waals surface area contributed by atoms with Crippen LogP contribution in [0.15, 0.2) is 54.1 Å². The topological polar surface area (TPSA) is 55.8 Å². The lowest BCUT2D eigenvalue weighted by atomic mass is 10.1. The summed E-state index contributed by atoms with van der Waals surface area (Å²) in [4.78, 5) is 10.6. The lowest BCUT2D eigenvalue weighted by molar-refractivity contribution is -0.137. The number of carboxylic acid groups (broad SMARTS) is 1. The van der Waals surface area contributed by atoms with Gasteiger partial charge in [0, 0.05) is 13.0 Å². The second-order valence-electron chi connectivity index (χ2n) is 8.02. The number of carbonyl (C=O) groups is 1. The number of aliphatic carboxylic acids is 1. The highest BCUT2D eigenvalue weighted by Gasteiger charge is 2.30. The molecule has 2 rings (SSSR count). The summed E-state index contributed by atoms with van der Waals surface area (Å²) in [7, 11) is 0. The molecule has 0 amide bonds. The predicted octanol–water partition coefficient (Wildman–Crippen LogP) is 6.46. The van der Waals surface area contributed by atoms with E-state index >= 15 is 0 Å². The van der Waals surface area contributed by atoms with Crippen molar-refractivity contribution >= 4 is 5.97 Å². The van der Waals surface area contributed by atoms with Gasteiger partial charge in [0.2, 0.25) is 0 Å². The van der Waals surface area contributed by atoms with Crippen molar-refractivity contribution in [1.29, 1.82) is 0 Å². The number of unbranched alkanes of at least 4 members (excludes halogenated alkanes) is 6. The maximum Gasteiger partial charge on any atom is 0.303 e. The highest BCUT2D eigenvalue weighted by molar-refractivity contribution is 5.66. The van der Waals surface area contributed by atoms with Gasteiger partial charge in [0.05, 0.1) is 12.7 Å². The fourth-order valence-electron chi connectivity index (χ4n) is 3.68. The molecule has 0 bridgehead atoms. The van der Waals surface area contributed by atoms with Gasteiger partial charge in [-0.2, -0.15) is 0 Å². The van der Waals surface area contributed by atoms with Crippen molar-refractivity contribution in [3.63, 3.8) is 0 Å². The number of benzene rings is 1. The molecule has 0 radical (unpaired) electrons. The Balaban J connectivity index is 1.82. The molecule has 0 saturated heterocycles. The van der Waals surface area contributed by atoms with Crippen LogP contribution in [0.5, 0.6) is 0 Å². The zero-order valence-electron chi connectivity index (χ0n) is 18.4. The van der Waals surface area contributed by atoms with Crippen LogP contribution in [-0.4, -0.2) is 29.9 Å². The Morgan fingerprint density at radius 3 is 2.63 bits per heavy atom. The SMILES string of the molecule is CCCCCCCO[C@@H]1C(/C=C/CCCCC(=O)O)=CC[C@H]1OCc1ccccc1. The number of allylic oxidation sites excluding steroid dienone is 1. The molecular weight excluding hydrogens is 376 g/mol. The summed E-state index contributed by atoms with van der Waals surface area (Å²) in [6, 6.07) is 10.3. The van der Waals surface area contributed by atoms with Crippen molar-refractivity contribution in [1.82, 2.24) is 0 Å². The maximum atomic E-state index is 10.6. The monoisotopic (exact) mass is 414 g/mol. The van der Waals surface area contributed by atoms with Gasteiger partial charge in [0.15, 0.2) is 0 Å². The highest BCUT2D eigenvalue weighted by atomic mass is 16.5. The van der Waals surface area contributed by atoms with Crippen molar-refractivity contribution in [2.24, 2.45) is 0 Å². The third-order valence-electron chi connectivity index (χ3n) is 5.43. The normalized spacial score (nSPS) is 18.8. The first-order valence-electron chi connectivity index (χ1n) is 11.6. The molecule has 1 aromatic rings. The molecule has 2 atom stereocenters. The average molecular weight is 415 g/mol. The third kappa shape index (κ3) is 9.73. The van der Waals surface area contributed by atoms with Crippen LogP contribution in [0, 0.1) is 0 Å². The molecule has 4 nitrogen and oxygen atoms in total. The number of rotatable bonds is 16. The minimum absolute atomic E-state index is 0.0184. The largest absolute Gasteiger partial charge is 0.481 e. The molecule has 30 heavy (non-hydrogen) atoms. The van der Waals surface area contributed by atoms with Gasteiger partial charge < -0.3 is 14.6 Å². The van der Waals surface area contributed by atoms with E-state index in [1.807, 2.05) is 18.2 Å². The average Bonchev–Trinajstić information content (AvgIpc) is 3.13. The van der Waals surface area contributed by atoms with Gasteiger partial charge in [-0.05, 0) is 43.2 Å². The molecule has 0 saturated carbocycles. The quantitative estimate of drug-likeness (QED) is 0.315. The summed E-state index contributed by atoms with van der Waals surface area (Å²) in [6.07, 6.45) is 16.3. The summed E-state index contributed by atoms with van der Waals surface area (Å²) in [5.74, 6) is -0.719. The van der Waals surface area contributed by atoms with E-state index in [1.165, 1.54) is 36.8 Å². The number of ether oxygens (including phenoxy) is 2. The fraction of sp³-hybridized carbons (Fsp3) is 0.577. The number of hydrogen-bond donors (Lipinski definition) is 1. The second-order valence-corrected chi connectivity index (χ2v) is 8.02. The van der Waals surface area contributed by atoms with E-state index in [2.05, 4.69) is 37.3 Å². The van der Waals surface area contributed by atoms with Gasteiger partial charge in [0.1, 0.15) is 6.10 Å². The number of hydrogen-bond acceptors (Lipinski definition) is 3. The van der Waals surface area contributed by atoms with E-state index in [0.29, 0.717) is 6.61 Å². The van der Waals surface area contributed by atoms with Gasteiger partial charge in [-0.3, -0.25) is 4.79 Å². The minimum Gasteiger partial charge on any atom is -0.481 e. The standard InChI is InChI=1S/C26H38O4/c1-2-3-4-7-13-20-29-26-23(16-11-5-6-12-17-25(27)28)18-19-24(26)30-21-22-14-9-8-10-15-22/h8-11,14-16,18,24,26H,2-7,12-13,17,19-21H2,1H3,(H,27,28)/b16-11+/t24-,26-/m1/s1. The predicted molar refractivity (Wildman–Crippen MR) is 121 cm³/mol. The first-order valence-corrected chi connectivity index (χ1v) is 11.6. The summed E-state index contributed by atoms with van der Waals surface area (Å²) < 4.78 is 12.5.